The van der Waals surface area contributed by atoms with Crippen LogP contribution in [0.5, 0.6) is 5.75 Å². The molecule has 2 fully saturated rings. The molecule has 3 aromatic heterocycles. The monoisotopic (exact) mass is 996 g/mol. The first-order valence-electron chi connectivity index (χ1n) is 24.4. The quantitative estimate of drug-likeness (QED) is 0.0420. The number of benzene rings is 2. The van der Waals surface area contributed by atoms with Crippen molar-refractivity contribution in [2.24, 2.45) is 21.1 Å². The molecular weight excluding hydrogens is 937 g/mol. The fourth-order valence-corrected chi connectivity index (χ4v) is 9.94. The maximum absolute atomic E-state index is 14.2. The highest BCUT2D eigenvalue weighted by Crippen LogP contribution is 2.41. The zero-order valence-electron chi connectivity index (χ0n) is 41.5. The minimum atomic E-state index is -0.950. The molecule has 5 aromatic rings. The molecule has 4 aliphatic heterocycles. The van der Waals surface area contributed by atoms with Crippen molar-refractivity contribution in [3.8, 4) is 5.75 Å². The lowest BCUT2D eigenvalue weighted by Gasteiger charge is -2.38. The molecular formula is C53H60N10O10. The van der Waals surface area contributed by atoms with Crippen LogP contribution in [0.3, 0.4) is 0 Å². The van der Waals surface area contributed by atoms with Gasteiger partial charge >= 0.3 is 6.09 Å². The number of carbonyl (C=O) groups is 6. The maximum atomic E-state index is 14.2. The number of nitrogens with one attached hydrogen (secondary N) is 2. The number of aryl methyl sites for hydroxylation is 4. The van der Waals surface area contributed by atoms with E-state index in [4.69, 9.17) is 24.7 Å². The SMILES string of the molecule is C=CCOC(=O)N1c2cc(OCCCC(=O)Nc3cn(C)c(C(=O)Cc4cc(C(=O)Nc5cc(C(=O)N6CCc7cc(N)ccc76)n(C)c5)n(C)c4)n3)c(C)cc2C(=O)N2CC(=C)C[C@H]2C1OC1CCCCO1. The normalized spacial score (nSPS) is 18.2. The maximum Gasteiger partial charge on any atom is 0.416 e. The third-order valence-corrected chi connectivity index (χ3v) is 13.5. The van der Waals surface area contributed by atoms with Gasteiger partial charge in [-0.3, -0.25) is 24.0 Å². The Hall–Kier alpha value is -7.97. The number of rotatable bonds is 16. The van der Waals surface area contributed by atoms with Crippen molar-refractivity contribution in [2.45, 2.75) is 76.9 Å². The van der Waals surface area contributed by atoms with Crippen LogP contribution in [-0.4, -0.2) is 111 Å². The number of nitrogens with two attached hydrogens (primary N) is 1. The molecule has 20 nitrogen and oxygen atoms in total. The summed E-state index contributed by atoms with van der Waals surface area (Å²) >= 11 is 0. The predicted octanol–water partition coefficient (Wildman–Crippen LogP) is 6.45. The molecule has 0 bridgehead atoms. The van der Waals surface area contributed by atoms with Gasteiger partial charge in [-0.1, -0.05) is 24.8 Å². The molecule has 2 unspecified atom stereocenters. The summed E-state index contributed by atoms with van der Waals surface area (Å²) in [6, 6.07) is 11.6. The third-order valence-electron chi connectivity index (χ3n) is 13.5. The lowest BCUT2D eigenvalue weighted by molar-refractivity contribution is -0.195. The van der Waals surface area contributed by atoms with Crippen LogP contribution in [0.25, 0.3) is 0 Å². The van der Waals surface area contributed by atoms with Crippen molar-refractivity contribution in [1.29, 1.82) is 0 Å². The largest absolute Gasteiger partial charge is 0.493 e. The van der Waals surface area contributed by atoms with E-state index in [1.54, 1.807) is 95.9 Å². The topological polar surface area (TPSA) is 227 Å². The van der Waals surface area contributed by atoms with E-state index in [-0.39, 0.29) is 72.5 Å². The highest BCUT2D eigenvalue weighted by molar-refractivity contribution is 6.09. The van der Waals surface area contributed by atoms with Crippen LogP contribution in [0.4, 0.5) is 33.4 Å². The molecule has 382 valence electrons. The summed E-state index contributed by atoms with van der Waals surface area (Å²) in [6.07, 6.45) is 7.96. The van der Waals surface area contributed by atoms with Crippen LogP contribution in [-0.2, 0) is 53.0 Å². The van der Waals surface area contributed by atoms with Crippen LogP contribution in [0.15, 0.2) is 85.9 Å². The Labute approximate surface area is 422 Å². The van der Waals surface area contributed by atoms with E-state index in [1.807, 2.05) is 12.1 Å². The Morgan fingerprint density at radius 3 is 2.55 bits per heavy atom. The number of anilines is 5. The lowest BCUT2D eigenvalue weighted by atomic mass is 10.1. The number of imidazole rings is 1. The second kappa shape index (κ2) is 21.0. The molecule has 3 atom stereocenters. The van der Waals surface area contributed by atoms with Gasteiger partial charge in [0.15, 0.2) is 24.2 Å². The second-order valence-electron chi connectivity index (χ2n) is 18.9. The van der Waals surface area contributed by atoms with Gasteiger partial charge in [0.25, 0.3) is 17.7 Å². The fourth-order valence-electron chi connectivity index (χ4n) is 9.94. The smallest absolute Gasteiger partial charge is 0.416 e. The summed E-state index contributed by atoms with van der Waals surface area (Å²) < 4.78 is 29.1. The number of aromatic nitrogens is 4. The number of ketones is 1. The predicted molar refractivity (Wildman–Crippen MR) is 272 cm³/mol. The van der Waals surface area contributed by atoms with Gasteiger partial charge in [0.1, 0.15) is 23.7 Å². The van der Waals surface area contributed by atoms with Crippen molar-refractivity contribution < 1.29 is 47.7 Å². The highest BCUT2D eigenvalue weighted by Gasteiger charge is 2.48. The van der Waals surface area contributed by atoms with Crippen LogP contribution in [0.1, 0.15) is 97.2 Å². The molecule has 0 radical (unpaired) electrons. The summed E-state index contributed by atoms with van der Waals surface area (Å²) in [6.45, 7) is 11.1. The molecule has 0 spiro atoms. The molecule has 2 saturated heterocycles. The zero-order valence-corrected chi connectivity index (χ0v) is 41.5. The van der Waals surface area contributed by atoms with E-state index in [0.717, 1.165) is 29.7 Å². The Balaban J connectivity index is 0.799. The molecule has 20 heteroatoms. The van der Waals surface area contributed by atoms with E-state index in [2.05, 4.69) is 28.8 Å². The standard InChI is InChI=1S/C53H60N10O10/c1-7-17-72-53(69)63-39-26-44(32(3)21-37(39)50(67)62-27-31(2)20-42(62)52(63)73-47-12-8-9-18-71-47)70-19-10-11-46(65)56-45-30-60(6)48(57-45)43(64)23-33-22-40(58(4)28-33)49(66)55-36-25-41(59(5)29-36)51(68)61-16-15-34-24-35(54)13-14-38(34)61/h7,13-14,21-22,24-26,28-30,42,47,52H,1-2,8-12,15-20,23,27,54H2,3-6H3,(H,55,66)(H,56,65)/t42-,47?,52?/m0/s1. The highest BCUT2D eigenvalue weighted by atomic mass is 16.7. The molecule has 0 saturated carbocycles. The first-order chi connectivity index (χ1) is 35.1. The minimum absolute atomic E-state index is 0.0541. The van der Waals surface area contributed by atoms with Gasteiger partial charge in [0.2, 0.25) is 11.7 Å². The van der Waals surface area contributed by atoms with E-state index < -0.39 is 30.6 Å². The second-order valence-corrected chi connectivity index (χ2v) is 18.9. The average Bonchev–Trinajstić information content (AvgIpc) is 4.20. The van der Waals surface area contributed by atoms with Crippen LogP contribution in [0.2, 0.25) is 0 Å². The van der Waals surface area contributed by atoms with Crippen molar-refractivity contribution in [2.75, 3.05) is 59.1 Å². The first-order valence-corrected chi connectivity index (χ1v) is 24.4. The Kier molecular flexibility index (Phi) is 14.4. The van der Waals surface area contributed by atoms with Gasteiger partial charge in [-0.2, -0.15) is 0 Å². The summed E-state index contributed by atoms with van der Waals surface area (Å²) in [5.41, 5.74) is 12.2. The molecule has 0 aliphatic carbocycles. The number of hydrogen-bond acceptors (Lipinski definition) is 12. The number of hydrogen-bond donors (Lipinski definition) is 3. The zero-order chi connectivity index (χ0) is 51.7. The van der Waals surface area contributed by atoms with Crippen molar-refractivity contribution in [3.63, 3.8) is 0 Å². The van der Waals surface area contributed by atoms with Gasteiger partial charge in [0, 0.05) is 89.7 Å². The molecule has 9 rings (SSSR count). The molecule has 73 heavy (non-hydrogen) atoms. The number of fused-ring (bicyclic) bond motifs is 3. The summed E-state index contributed by atoms with van der Waals surface area (Å²) in [7, 11) is 5.10. The van der Waals surface area contributed by atoms with E-state index in [1.165, 1.54) is 15.5 Å². The molecule has 4 aliphatic rings. The van der Waals surface area contributed by atoms with E-state index >= 15 is 0 Å². The van der Waals surface area contributed by atoms with E-state index in [9.17, 15) is 28.8 Å². The first kappa shape index (κ1) is 50.0. The van der Waals surface area contributed by atoms with Gasteiger partial charge in [-0.15, -0.1) is 0 Å². The number of Topliss-reactive ketones (excluding diaryl/α,β-unsaturated/α-hetero) is 1. The van der Waals surface area contributed by atoms with Gasteiger partial charge < -0.3 is 58.8 Å². The molecule has 7 heterocycles. The number of nitrogens with zero attached hydrogens (tertiary/aromatic N) is 7. The Bertz CT molecular complexity index is 3030. The van der Waals surface area contributed by atoms with Crippen molar-refractivity contribution >= 4 is 64.1 Å². The van der Waals surface area contributed by atoms with Gasteiger partial charge in [-0.25, -0.2) is 14.7 Å². The fraction of sp³-hybridized carbons (Fsp3) is 0.377. The lowest BCUT2D eigenvalue weighted by Crippen LogP contribution is -2.54. The Morgan fingerprint density at radius 1 is 0.959 bits per heavy atom. The number of amides is 5. The summed E-state index contributed by atoms with van der Waals surface area (Å²) in [5.74, 6) is -0.864. The Morgan fingerprint density at radius 2 is 1.77 bits per heavy atom. The van der Waals surface area contributed by atoms with E-state index in [0.29, 0.717) is 85.0 Å². The van der Waals surface area contributed by atoms with Crippen LogP contribution >= 0.6 is 0 Å². The van der Waals surface area contributed by atoms with Gasteiger partial charge in [-0.05, 0) is 98.5 Å². The molecule has 4 N–H and O–H groups in total. The summed E-state index contributed by atoms with van der Waals surface area (Å²) in [5, 5.41) is 5.64. The average molecular weight is 997 g/mol. The molecule has 5 amide bonds. The third kappa shape index (κ3) is 10.5. The number of ether oxygens (including phenoxy) is 4. The number of carbonyl (C=O) groups excluding carboxylic acids is 6. The van der Waals surface area contributed by atoms with Crippen LogP contribution < -0.4 is 30.9 Å². The minimum Gasteiger partial charge on any atom is -0.493 e. The van der Waals surface area contributed by atoms with Crippen molar-refractivity contribution in [1.82, 2.24) is 23.6 Å². The summed E-state index contributed by atoms with van der Waals surface area (Å²) in [4.78, 5) is 91.1. The van der Waals surface area contributed by atoms with Crippen LogP contribution in [0, 0.1) is 6.92 Å². The number of nitrogen functional groups attached to an aromatic ring is 1. The molecule has 2 aromatic carbocycles. The van der Waals surface area contributed by atoms with Crippen molar-refractivity contribution in [3.05, 3.63) is 125 Å². The van der Waals surface area contributed by atoms with Gasteiger partial charge in [0.05, 0.1) is 29.6 Å².